The normalized spacial score (nSPS) is 11.4. The van der Waals surface area contributed by atoms with Crippen LogP contribution in [0.1, 0.15) is 108 Å². The van der Waals surface area contributed by atoms with Gasteiger partial charge in [-0.3, -0.25) is 20.2 Å². The first-order valence-electron chi connectivity index (χ1n) is 15.2. The summed E-state index contributed by atoms with van der Waals surface area (Å²) in [5.41, 5.74) is -0.795. The predicted molar refractivity (Wildman–Crippen MR) is 163 cm³/mol. The van der Waals surface area contributed by atoms with Gasteiger partial charge in [-0.25, -0.2) is 4.79 Å². The Morgan fingerprint density at radius 1 is 0.767 bits per heavy atom. The molecule has 0 aliphatic heterocycles. The van der Waals surface area contributed by atoms with E-state index < -0.39 is 32.6 Å². The molecule has 0 aromatic heterocycles. The zero-order chi connectivity index (χ0) is 31.4. The highest BCUT2D eigenvalue weighted by atomic mass is 16.6. The van der Waals surface area contributed by atoms with Crippen LogP contribution >= 0.6 is 0 Å². The average Bonchev–Trinajstić information content (AvgIpc) is 3.31. The maximum Gasteiger partial charge on any atom is 0.336 e. The Balaban J connectivity index is 1.80. The van der Waals surface area contributed by atoms with E-state index in [4.69, 9.17) is 0 Å². The van der Waals surface area contributed by atoms with Gasteiger partial charge in [0, 0.05) is 28.5 Å². The number of nitro benzene ring substituents is 2. The number of nitrogens with zero attached hydrogens (tertiary/aromatic N) is 4. The van der Waals surface area contributed by atoms with Crippen LogP contribution in [0.4, 0.5) is 11.4 Å². The summed E-state index contributed by atoms with van der Waals surface area (Å²) in [7, 11) is 0. The number of rotatable bonds is 18. The van der Waals surface area contributed by atoms with Crippen molar-refractivity contribution in [2.24, 2.45) is 0 Å². The van der Waals surface area contributed by atoms with E-state index in [1.807, 2.05) is 0 Å². The smallest absolute Gasteiger partial charge is 0.336 e. The summed E-state index contributed by atoms with van der Waals surface area (Å²) in [5.74, 6) is -1.47. The third-order valence-corrected chi connectivity index (χ3v) is 8.07. The minimum Gasteiger partial charge on any atom is -0.478 e. The molecule has 2 aromatic carbocycles. The molecule has 1 N–H and O–H groups in total. The zero-order valence-electron chi connectivity index (χ0n) is 24.7. The van der Waals surface area contributed by atoms with Crippen molar-refractivity contribution in [2.45, 2.75) is 103 Å². The van der Waals surface area contributed by atoms with E-state index in [2.05, 4.69) is 6.92 Å². The lowest BCUT2D eigenvalue weighted by Gasteiger charge is -2.08. The van der Waals surface area contributed by atoms with E-state index in [0.717, 1.165) is 31.7 Å². The van der Waals surface area contributed by atoms with Gasteiger partial charge in [-0.15, -0.1) is 0 Å². The Bertz CT molecular complexity index is 1570. The second kappa shape index (κ2) is 16.2. The van der Waals surface area contributed by atoms with Gasteiger partial charge in [0.05, 0.1) is 20.6 Å². The number of aryl methyl sites for hydroxylation is 1. The van der Waals surface area contributed by atoms with Gasteiger partial charge in [-0.2, -0.15) is 10.5 Å². The summed E-state index contributed by atoms with van der Waals surface area (Å²) < 4.78 is 0. The first-order chi connectivity index (χ1) is 20.8. The molecule has 3 rings (SSSR count). The van der Waals surface area contributed by atoms with Gasteiger partial charge in [-0.05, 0) is 36.1 Å². The Labute approximate surface area is 251 Å². The highest BCUT2D eigenvalue weighted by molar-refractivity contribution is 6.20. The van der Waals surface area contributed by atoms with E-state index in [1.165, 1.54) is 69.9 Å². The molecule has 0 amide bonds. The van der Waals surface area contributed by atoms with E-state index in [9.17, 15) is 40.7 Å². The van der Waals surface area contributed by atoms with Gasteiger partial charge in [-0.1, -0.05) is 90.4 Å². The van der Waals surface area contributed by atoms with Crippen molar-refractivity contribution in [3.63, 3.8) is 0 Å². The van der Waals surface area contributed by atoms with Crippen molar-refractivity contribution < 1.29 is 19.7 Å². The van der Waals surface area contributed by atoms with E-state index in [1.54, 1.807) is 18.2 Å². The van der Waals surface area contributed by atoms with Crippen molar-refractivity contribution in [3.8, 4) is 23.3 Å². The summed E-state index contributed by atoms with van der Waals surface area (Å²) >= 11 is 0. The Morgan fingerprint density at radius 3 is 1.77 bits per heavy atom. The molecule has 0 atom stereocenters. The molecule has 10 nitrogen and oxygen atoms in total. The number of aliphatic carboxylic acids is 1. The van der Waals surface area contributed by atoms with E-state index in [-0.39, 0.29) is 21.7 Å². The second-order valence-corrected chi connectivity index (χ2v) is 11.1. The molecule has 0 bridgehead atoms. The first-order valence-corrected chi connectivity index (χ1v) is 15.2. The summed E-state index contributed by atoms with van der Waals surface area (Å²) in [6.45, 7) is 2.22. The molecule has 0 fully saturated rings. The van der Waals surface area contributed by atoms with Crippen molar-refractivity contribution >= 4 is 28.5 Å². The van der Waals surface area contributed by atoms with E-state index in [0.29, 0.717) is 29.5 Å². The van der Waals surface area contributed by atoms with Crippen LogP contribution in [0.25, 0.3) is 22.3 Å². The van der Waals surface area contributed by atoms with Crippen LogP contribution < -0.4 is 10.4 Å². The van der Waals surface area contributed by atoms with Crippen LogP contribution in [-0.2, 0) is 11.2 Å². The minimum atomic E-state index is -1.47. The highest BCUT2D eigenvalue weighted by Gasteiger charge is 2.32. The average molecular weight is 587 g/mol. The molecule has 0 spiro atoms. The number of nitro groups is 2. The molecule has 10 heteroatoms. The molecule has 1 aliphatic carbocycles. The zero-order valence-corrected chi connectivity index (χ0v) is 24.7. The number of fused-ring (bicyclic) bond motifs is 3. The van der Waals surface area contributed by atoms with Crippen molar-refractivity contribution in [2.75, 3.05) is 0 Å². The molecule has 0 heterocycles. The first kappa shape index (κ1) is 32.9. The molecular weight excluding hydrogens is 548 g/mol. The molecule has 1 aliphatic rings. The van der Waals surface area contributed by atoms with Gasteiger partial charge in [0.25, 0.3) is 11.4 Å². The van der Waals surface area contributed by atoms with Crippen LogP contribution in [0.2, 0.25) is 0 Å². The summed E-state index contributed by atoms with van der Waals surface area (Å²) in [5, 5.41) is 52.7. The van der Waals surface area contributed by atoms with Crippen LogP contribution in [0.3, 0.4) is 0 Å². The molecular formula is C33H38N4O6. The van der Waals surface area contributed by atoms with Gasteiger partial charge < -0.3 is 5.11 Å². The third-order valence-electron chi connectivity index (χ3n) is 8.07. The summed E-state index contributed by atoms with van der Waals surface area (Å²) in [4.78, 5) is 34.8. The lowest BCUT2D eigenvalue weighted by atomic mass is 9.95. The molecule has 0 saturated heterocycles. The lowest BCUT2D eigenvalue weighted by molar-refractivity contribution is -0.386. The Hall–Kier alpha value is -4.57. The number of carboxylic acids is 1. The fourth-order valence-electron chi connectivity index (χ4n) is 5.93. The van der Waals surface area contributed by atoms with Crippen LogP contribution in [0, 0.1) is 42.9 Å². The second-order valence-electron chi connectivity index (χ2n) is 11.1. The fraction of sp³-hybridized carbons (Fsp3) is 0.485. The van der Waals surface area contributed by atoms with Crippen LogP contribution in [0.5, 0.6) is 0 Å². The van der Waals surface area contributed by atoms with E-state index >= 15 is 0 Å². The number of unbranched alkanes of at least 4 members (excludes halogenated alkanes) is 13. The topological polar surface area (TPSA) is 171 Å². The number of benzene rings is 2. The minimum absolute atomic E-state index is 0.0242. The standard InChI is InChI=1S/C33H38N4O6/c1-2-3-4-5-6-7-8-9-10-11-12-13-14-15-16-23-19-27-26-18-17-25(36(40)41)20-28(26)31(33(38)39)30(27)29(24(21-34)22-35)32(23)37(42)43/h17-20H,2-16H2,1H3,(H,38,39). The maximum atomic E-state index is 12.4. The molecule has 0 radical (unpaired) electrons. The van der Waals surface area contributed by atoms with Crippen LogP contribution in [-0.4, -0.2) is 20.9 Å². The number of hydrogen-bond acceptors (Lipinski definition) is 7. The number of hydrogen-bond donors (Lipinski definition) is 1. The lowest BCUT2D eigenvalue weighted by Crippen LogP contribution is -2.34. The number of non-ortho nitro benzene ring substituents is 1. The SMILES string of the molecule is CCCCCCCCCCCCCCCCc1cc2c(c(=C(C#N)C#N)c1[N+](=O)[O-])=C(C(=O)O)c1cc([N+](=O)[O-])ccc1-2. The Kier molecular flexibility index (Phi) is 12.4. The monoisotopic (exact) mass is 586 g/mol. The molecule has 2 aromatic rings. The van der Waals surface area contributed by atoms with Crippen LogP contribution in [0.15, 0.2) is 24.3 Å². The maximum absolute atomic E-state index is 12.4. The Morgan fingerprint density at radius 2 is 1.30 bits per heavy atom. The quantitative estimate of drug-likeness (QED) is 0.111. The van der Waals surface area contributed by atoms with Gasteiger partial charge in [0.1, 0.15) is 17.7 Å². The van der Waals surface area contributed by atoms with Gasteiger partial charge in [0.2, 0.25) is 0 Å². The summed E-state index contributed by atoms with van der Waals surface area (Å²) in [6.07, 6.45) is 16.6. The van der Waals surface area contributed by atoms with Gasteiger partial charge in [0.15, 0.2) is 0 Å². The van der Waals surface area contributed by atoms with Crippen molar-refractivity contribution in [1.29, 1.82) is 10.5 Å². The van der Waals surface area contributed by atoms with Crippen molar-refractivity contribution in [1.82, 2.24) is 0 Å². The van der Waals surface area contributed by atoms with Gasteiger partial charge >= 0.3 is 5.97 Å². The predicted octanol–water partition coefficient (Wildman–Crippen LogP) is 6.99. The number of nitriles is 2. The third kappa shape index (κ3) is 8.04. The number of carbonyl (C=O) groups is 1. The highest BCUT2D eigenvalue weighted by Crippen LogP contribution is 2.36. The molecule has 43 heavy (non-hydrogen) atoms. The number of carboxylic acid groups (broad SMARTS) is 1. The summed E-state index contributed by atoms with van der Waals surface area (Å²) in [6, 6.07) is 8.69. The molecule has 0 saturated carbocycles. The van der Waals surface area contributed by atoms with Crippen molar-refractivity contribution in [3.05, 3.63) is 66.1 Å². The fourth-order valence-corrected chi connectivity index (χ4v) is 5.93. The molecule has 0 unspecified atom stereocenters. The molecule has 226 valence electrons. The largest absolute Gasteiger partial charge is 0.478 e.